The third-order valence-corrected chi connectivity index (χ3v) is 3.06. The number of rotatable bonds is 8. The van der Waals surface area contributed by atoms with Gasteiger partial charge in [-0.2, -0.15) is 0 Å². The number of para-hydroxylation sites is 2. The number of hydrogen-bond acceptors (Lipinski definition) is 5. The average Bonchev–Trinajstić information content (AvgIpc) is 2.37. The zero-order valence-corrected chi connectivity index (χ0v) is 12.3. The van der Waals surface area contributed by atoms with Crippen molar-refractivity contribution in [3.05, 3.63) is 34.4 Å². The van der Waals surface area contributed by atoms with Gasteiger partial charge in [0.15, 0.2) is 0 Å². The molecule has 0 amide bonds. The van der Waals surface area contributed by atoms with Gasteiger partial charge in [0.2, 0.25) is 0 Å². The number of nitrogens with zero attached hydrogens (tertiary/aromatic N) is 2. The molecule has 0 fully saturated rings. The second kappa shape index (κ2) is 7.21. The first-order valence-corrected chi connectivity index (χ1v) is 6.74. The van der Waals surface area contributed by atoms with Crippen molar-refractivity contribution >= 4 is 11.4 Å². The highest BCUT2D eigenvalue weighted by Crippen LogP contribution is 2.26. The molecule has 0 saturated carbocycles. The van der Waals surface area contributed by atoms with Crippen LogP contribution in [0.2, 0.25) is 0 Å². The van der Waals surface area contributed by atoms with Gasteiger partial charge in [0.05, 0.1) is 11.5 Å². The van der Waals surface area contributed by atoms with Crippen LogP contribution >= 0.6 is 0 Å². The number of likely N-dealkylation sites (N-methyl/N-ethyl adjacent to an activating group) is 1. The molecule has 6 heteroatoms. The zero-order valence-electron chi connectivity index (χ0n) is 12.3. The number of nitro benzene ring substituents is 1. The van der Waals surface area contributed by atoms with Gasteiger partial charge in [-0.25, -0.2) is 0 Å². The van der Waals surface area contributed by atoms with E-state index >= 15 is 0 Å². The summed E-state index contributed by atoms with van der Waals surface area (Å²) in [7, 11) is 0. The first kappa shape index (κ1) is 16.4. The third kappa shape index (κ3) is 4.79. The van der Waals surface area contributed by atoms with E-state index in [-0.39, 0.29) is 22.8 Å². The van der Waals surface area contributed by atoms with Gasteiger partial charge in [-0.3, -0.25) is 15.0 Å². The van der Waals surface area contributed by atoms with Crippen LogP contribution in [0.25, 0.3) is 0 Å². The average molecular weight is 281 g/mol. The third-order valence-electron chi connectivity index (χ3n) is 3.06. The molecule has 0 aliphatic heterocycles. The van der Waals surface area contributed by atoms with Gasteiger partial charge < -0.3 is 10.4 Å². The summed E-state index contributed by atoms with van der Waals surface area (Å²) in [5, 5.41) is 23.3. The summed E-state index contributed by atoms with van der Waals surface area (Å²) in [6.45, 7) is 8.22. The van der Waals surface area contributed by atoms with Crippen molar-refractivity contribution in [2.45, 2.75) is 26.3 Å². The predicted octanol–water partition coefficient (Wildman–Crippen LogP) is 2.10. The van der Waals surface area contributed by atoms with E-state index in [9.17, 15) is 10.1 Å². The van der Waals surface area contributed by atoms with Crippen molar-refractivity contribution in [2.75, 3.05) is 31.6 Å². The molecule has 1 rings (SSSR count). The number of nitro groups is 1. The molecule has 0 aliphatic carbocycles. The lowest BCUT2D eigenvalue weighted by Crippen LogP contribution is -2.45. The Kier molecular flexibility index (Phi) is 5.91. The Bertz CT molecular complexity index is 449. The number of aliphatic hydroxyl groups excluding tert-OH is 1. The summed E-state index contributed by atoms with van der Waals surface area (Å²) in [6.07, 6.45) is 0. The number of hydrogen-bond donors (Lipinski definition) is 2. The molecule has 1 aromatic rings. The lowest BCUT2D eigenvalue weighted by Gasteiger charge is -2.33. The van der Waals surface area contributed by atoms with E-state index in [1.807, 2.05) is 20.8 Å². The quantitative estimate of drug-likeness (QED) is 0.563. The van der Waals surface area contributed by atoms with E-state index < -0.39 is 0 Å². The van der Waals surface area contributed by atoms with Gasteiger partial charge in [0.25, 0.3) is 5.69 Å². The maximum Gasteiger partial charge on any atom is 0.292 e. The minimum atomic E-state index is -0.385. The van der Waals surface area contributed by atoms with Crippen LogP contribution in [0.15, 0.2) is 24.3 Å². The molecule has 0 unspecified atom stereocenters. The molecule has 0 bridgehead atoms. The molecule has 1 aromatic carbocycles. The summed E-state index contributed by atoms with van der Waals surface area (Å²) in [4.78, 5) is 12.7. The summed E-state index contributed by atoms with van der Waals surface area (Å²) >= 11 is 0. The van der Waals surface area contributed by atoms with Crippen molar-refractivity contribution in [2.24, 2.45) is 0 Å². The lowest BCUT2D eigenvalue weighted by atomic mass is 10.0. The fraction of sp³-hybridized carbons (Fsp3) is 0.571. The highest BCUT2D eigenvalue weighted by atomic mass is 16.6. The maximum absolute atomic E-state index is 11.0. The Morgan fingerprint density at radius 1 is 1.40 bits per heavy atom. The Hall–Kier alpha value is -1.66. The molecule has 2 N–H and O–H groups in total. The van der Waals surface area contributed by atoms with E-state index in [4.69, 9.17) is 5.11 Å². The second-order valence-electron chi connectivity index (χ2n) is 5.38. The van der Waals surface area contributed by atoms with E-state index in [2.05, 4.69) is 10.2 Å². The molecule has 112 valence electrons. The van der Waals surface area contributed by atoms with Crippen LogP contribution in [-0.4, -0.2) is 46.7 Å². The van der Waals surface area contributed by atoms with Crippen molar-refractivity contribution in [1.29, 1.82) is 0 Å². The van der Waals surface area contributed by atoms with Crippen molar-refractivity contribution in [3.8, 4) is 0 Å². The normalized spacial score (nSPS) is 11.7. The van der Waals surface area contributed by atoms with E-state index in [1.165, 1.54) is 6.07 Å². The van der Waals surface area contributed by atoms with Gasteiger partial charge in [-0.05, 0) is 26.5 Å². The first-order valence-electron chi connectivity index (χ1n) is 6.74. The van der Waals surface area contributed by atoms with E-state index in [1.54, 1.807) is 18.2 Å². The van der Waals surface area contributed by atoms with Gasteiger partial charge in [0.1, 0.15) is 5.69 Å². The fourth-order valence-corrected chi connectivity index (χ4v) is 2.19. The largest absolute Gasteiger partial charge is 0.395 e. The van der Waals surface area contributed by atoms with E-state index in [0.717, 1.165) is 6.54 Å². The van der Waals surface area contributed by atoms with Crippen molar-refractivity contribution in [3.63, 3.8) is 0 Å². The van der Waals surface area contributed by atoms with Crippen LogP contribution in [0.4, 0.5) is 11.4 Å². The Morgan fingerprint density at radius 3 is 2.60 bits per heavy atom. The van der Waals surface area contributed by atoms with Gasteiger partial charge in [-0.1, -0.05) is 19.1 Å². The predicted molar refractivity (Wildman–Crippen MR) is 80.0 cm³/mol. The summed E-state index contributed by atoms with van der Waals surface area (Å²) in [5.41, 5.74) is 0.255. The molecule has 0 heterocycles. The number of aliphatic hydroxyl groups is 1. The molecule has 0 spiro atoms. The first-order chi connectivity index (χ1) is 9.39. The SMILES string of the molecule is CCN(CCO)CC(C)(C)Nc1ccccc1[N+](=O)[O-]. The van der Waals surface area contributed by atoms with Crippen LogP contribution < -0.4 is 5.32 Å². The molecule has 0 radical (unpaired) electrons. The van der Waals surface area contributed by atoms with Crippen LogP contribution in [0, 0.1) is 10.1 Å². The van der Waals surface area contributed by atoms with Gasteiger partial charge in [-0.15, -0.1) is 0 Å². The Morgan fingerprint density at radius 2 is 2.05 bits per heavy atom. The number of nitrogens with one attached hydrogen (secondary N) is 1. The topological polar surface area (TPSA) is 78.6 Å². The molecule has 0 aliphatic rings. The molecular weight excluding hydrogens is 258 g/mol. The van der Waals surface area contributed by atoms with Crippen LogP contribution in [0.5, 0.6) is 0 Å². The minimum Gasteiger partial charge on any atom is -0.395 e. The van der Waals surface area contributed by atoms with Crippen molar-refractivity contribution in [1.82, 2.24) is 4.90 Å². The summed E-state index contributed by atoms with van der Waals surface area (Å²) in [5.74, 6) is 0. The maximum atomic E-state index is 11.0. The molecule has 0 aromatic heterocycles. The minimum absolute atomic E-state index is 0.0748. The highest BCUT2D eigenvalue weighted by molar-refractivity contribution is 5.62. The van der Waals surface area contributed by atoms with E-state index in [0.29, 0.717) is 18.8 Å². The van der Waals surface area contributed by atoms with Crippen LogP contribution in [0.1, 0.15) is 20.8 Å². The molecule has 0 atom stereocenters. The van der Waals surface area contributed by atoms with Gasteiger partial charge in [0, 0.05) is 24.7 Å². The Balaban J connectivity index is 2.82. The monoisotopic (exact) mass is 281 g/mol. The summed E-state index contributed by atoms with van der Waals surface area (Å²) < 4.78 is 0. The van der Waals surface area contributed by atoms with Crippen LogP contribution in [0.3, 0.4) is 0 Å². The zero-order chi connectivity index (χ0) is 15.2. The number of anilines is 1. The Labute approximate surface area is 119 Å². The standard InChI is InChI=1S/C14H23N3O3/c1-4-16(9-10-18)11-14(2,3)15-12-7-5-6-8-13(12)17(19)20/h5-8,15,18H,4,9-11H2,1-3H3. The summed E-state index contributed by atoms with van der Waals surface area (Å²) in [6, 6.07) is 6.63. The smallest absolute Gasteiger partial charge is 0.292 e. The van der Waals surface area contributed by atoms with Gasteiger partial charge >= 0.3 is 0 Å². The molecule has 0 saturated heterocycles. The molecular formula is C14H23N3O3. The highest BCUT2D eigenvalue weighted by Gasteiger charge is 2.24. The lowest BCUT2D eigenvalue weighted by molar-refractivity contribution is -0.384. The molecule has 20 heavy (non-hydrogen) atoms. The second-order valence-corrected chi connectivity index (χ2v) is 5.38. The number of benzene rings is 1. The van der Waals surface area contributed by atoms with Crippen LogP contribution in [-0.2, 0) is 0 Å². The van der Waals surface area contributed by atoms with Crippen molar-refractivity contribution < 1.29 is 10.0 Å². The molecule has 6 nitrogen and oxygen atoms in total. The fourth-order valence-electron chi connectivity index (χ4n) is 2.19.